The fourth-order valence-electron chi connectivity index (χ4n) is 4.07. The van der Waals surface area contributed by atoms with Crippen LogP contribution in [0.25, 0.3) is 11.0 Å². The molecule has 0 aliphatic heterocycles. The molecule has 0 N–H and O–H groups in total. The maximum absolute atomic E-state index is 12.8. The van der Waals surface area contributed by atoms with E-state index >= 15 is 0 Å². The molecule has 0 radical (unpaired) electrons. The number of nitrogens with zero attached hydrogens (tertiary/aromatic N) is 4. The summed E-state index contributed by atoms with van der Waals surface area (Å²) < 4.78 is 8.29. The second-order valence-electron chi connectivity index (χ2n) is 8.34. The van der Waals surface area contributed by atoms with Crippen LogP contribution in [0.4, 0.5) is 0 Å². The van der Waals surface area contributed by atoms with Crippen LogP contribution < -0.4 is 4.74 Å². The summed E-state index contributed by atoms with van der Waals surface area (Å²) in [5.41, 5.74) is 5.00. The van der Waals surface area contributed by atoms with Crippen LogP contribution in [0, 0.1) is 13.8 Å². The lowest BCUT2D eigenvalue weighted by Gasteiger charge is -2.18. The SMILES string of the molecule is Cc1cccc(C)c1OCCCCn1c(CN(C)C(=O)c2ccncc2)nc2ccccc21. The molecule has 170 valence electrons. The molecular weight excluding hydrogens is 412 g/mol. The van der Waals surface area contributed by atoms with Crippen molar-refractivity contribution in [3.63, 3.8) is 0 Å². The maximum atomic E-state index is 12.8. The molecule has 0 spiro atoms. The monoisotopic (exact) mass is 442 g/mol. The first-order chi connectivity index (χ1) is 16.0. The van der Waals surface area contributed by atoms with E-state index in [1.807, 2.05) is 25.2 Å². The summed E-state index contributed by atoms with van der Waals surface area (Å²) in [5, 5.41) is 0. The predicted octanol–water partition coefficient (Wildman–Crippen LogP) is 5.18. The molecule has 6 heteroatoms. The average molecular weight is 443 g/mol. The van der Waals surface area contributed by atoms with Crippen LogP contribution in [0.3, 0.4) is 0 Å². The zero-order chi connectivity index (χ0) is 23.2. The minimum atomic E-state index is -0.0435. The van der Waals surface area contributed by atoms with E-state index in [2.05, 4.69) is 47.7 Å². The molecule has 0 bridgehead atoms. The highest BCUT2D eigenvalue weighted by molar-refractivity contribution is 5.93. The molecule has 6 nitrogen and oxygen atoms in total. The van der Waals surface area contributed by atoms with Crippen LogP contribution >= 0.6 is 0 Å². The van der Waals surface area contributed by atoms with E-state index in [1.54, 1.807) is 29.4 Å². The Morgan fingerprint density at radius 3 is 2.45 bits per heavy atom. The minimum absolute atomic E-state index is 0.0435. The van der Waals surface area contributed by atoms with Crippen molar-refractivity contribution in [2.24, 2.45) is 0 Å². The fraction of sp³-hybridized carbons (Fsp3) is 0.296. The summed E-state index contributed by atoms with van der Waals surface area (Å²) in [5.74, 6) is 1.83. The van der Waals surface area contributed by atoms with Crippen LogP contribution in [0.1, 0.15) is 40.2 Å². The Labute approximate surface area is 194 Å². The van der Waals surface area contributed by atoms with Gasteiger partial charge in [0.25, 0.3) is 5.91 Å². The Kier molecular flexibility index (Phi) is 7.03. The van der Waals surface area contributed by atoms with Crippen LogP contribution in [-0.2, 0) is 13.1 Å². The van der Waals surface area contributed by atoms with Gasteiger partial charge in [0, 0.05) is 31.5 Å². The predicted molar refractivity (Wildman–Crippen MR) is 130 cm³/mol. The molecule has 2 heterocycles. The lowest BCUT2D eigenvalue weighted by Crippen LogP contribution is -2.27. The number of unbranched alkanes of at least 4 members (excludes halogenated alkanes) is 1. The highest BCUT2D eigenvalue weighted by atomic mass is 16.5. The van der Waals surface area contributed by atoms with Crippen LogP contribution in [0.2, 0.25) is 0 Å². The zero-order valence-electron chi connectivity index (χ0n) is 19.5. The van der Waals surface area contributed by atoms with E-state index in [9.17, 15) is 4.79 Å². The van der Waals surface area contributed by atoms with Gasteiger partial charge >= 0.3 is 0 Å². The number of rotatable bonds is 9. The number of amides is 1. The minimum Gasteiger partial charge on any atom is -0.493 e. The molecule has 0 saturated carbocycles. The molecule has 1 amide bonds. The number of benzene rings is 2. The van der Waals surface area contributed by atoms with Crippen molar-refractivity contribution >= 4 is 16.9 Å². The van der Waals surface area contributed by atoms with E-state index < -0.39 is 0 Å². The largest absolute Gasteiger partial charge is 0.493 e. The van der Waals surface area contributed by atoms with Crippen molar-refractivity contribution < 1.29 is 9.53 Å². The Morgan fingerprint density at radius 2 is 1.70 bits per heavy atom. The van der Waals surface area contributed by atoms with Crippen molar-refractivity contribution in [3.8, 4) is 5.75 Å². The van der Waals surface area contributed by atoms with Crippen molar-refractivity contribution in [1.29, 1.82) is 0 Å². The second-order valence-corrected chi connectivity index (χ2v) is 8.34. The number of hydrogen-bond donors (Lipinski definition) is 0. The third-order valence-electron chi connectivity index (χ3n) is 5.82. The molecule has 2 aromatic carbocycles. The number of carbonyl (C=O) groups is 1. The number of para-hydroxylation sites is 3. The highest BCUT2D eigenvalue weighted by Gasteiger charge is 2.17. The van der Waals surface area contributed by atoms with Gasteiger partial charge in [0.2, 0.25) is 0 Å². The molecule has 0 saturated heterocycles. The first-order valence-corrected chi connectivity index (χ1v) is 11.3. The third kappa shape index (κ3) is 5.22. The summed E-state index contributed by atoms with van der Waals surface area (Å²) in [6, 6.07) is 17.8. The van der Waals surface area contributed by atoms with E-state index in [1.165, 1.54) is 11.1 Å². The smallest absolute Gasteiger partial charge is 0.254 e. The number of pyridine rings is 1. The number of hydrogen-bond acceptors (Lipinski definition) is 4. The summed E-state index contributed by atoms with van der Waals surface area (Å²) >= 11 is 0. The van der Waals surface area contributed by atoms with Gasteiger partial charge in [0.05, 0.1) is 24.2 Å². The van der Waals surface area contributed by atoms with Crippen molar-refractivity contribution in [2.75, 3.05) is 13.7 Å². The number of aromatic nitrogens is 3. The first-order valence-electron chi connectivity index (χ1n) is 11.3. The zero-order valence-corrected chi connectivity index (χ0v) is 19.5. The van der Waals surface area contributed by atoms with Crippen LogP contribution in [0.5, 0.6) is 5.75 Å². The molecular formula is C27H30N4O2. The van der Waals surface area contributed by atoms with Gasteiger partial charge in [0.1, 0.15) is 11.6 Å². The van der Waals surface area contributed by atoms with Crippen molar-refractivity contribution in [2.45, 2.75) is 39.8 Å². The van der Waals surface area contributed by atoms with Gasteiger partial charge in [0.15, 0.2) is 0 Å². The van der Waals surface area contributed by atoms with Crippen molar-refractivity contribution in [1.82, 2.24) is 19.4 Å². The summed E-state index contributed by atoms with van der Waals surface area (Å²) in [6.45, 7) is 6.10. The lowest BCUT2D eigenvalue weighted by molar-refractivity contribution is 0.0780. The Hall–Kier alpha value is -3.67. The van der Waals surface area contributed by atoms with E-state index in [0.717, 1.165) is 42.0 Å². The molecule has 0 fully saturated rings. The standard InChI is InChI=1S/C27H30N4O2/c1-20-9-8-10-21(2)26(20)33-18-7-6-17-31-24-12-5-4-11-23(24)29-25(31)19-30(3)27(32)22-13-15-28-16-14-22/h4-5,8-16H,6-7,17-19H2,1-3H3. The molecule has 0 unspecified atom stereocenters. The third-order valence-corrected chi connectivity index (χ3v) is 5.82. The van der Waals surface area contributed by atoms with E-state index in [-0.39, 0.29) is 5.91 Å². The number of carbonyl (C=O) groups excluding carboxylic acids is 1. The summed E-state index contributed by atoms with van der Waals surface area (Å²) in [4.78, 5) is 23.3. The van der Waals surface area contributed by atoms with E-state index in [0.29, 0.717) is 18.7 Å². The fourth-order valence-corrected chi connectivity index (χ4v) is 4.07. The van der Waals surface area contributed by atoms with E-state index in [4.69, 9.17) is 9.72 Å². The van der Waals surface area contributed by atoms with Crippen molar-refractivity contribution in [3.05, 3.63) is 89.5 Å². The molecule has 4 aromatic rings. The Bertz CT molecular complexity index is 1210. The highest BCUT2D eigenvalue weighted by Crippen LogP contribution is 2.23. The summed E-state index contributed by atoms with van der Waals surface area (Å²) in [6.07, 6.45) is 5.17. The molecule has 33 heavy (non-hydrogen) atoms. The quantitative estimate of drug-likeness (QED) is 0.335. The normalized spacial score (nSPS) is 11.0. The molecule has 2 aromatic heterocycles. The van der Waals surface area contributed by atoms with Gasteiger partial charge in [-0.15, -0.1) is 0 Å². The molecule has 0 aliphatic rings. The van der Waals surface area contributed by atoms with Gasteiger partial charge in [-0.2, -0.15) is 0 Å². The van der Waals surface area contributed by atoms with Gasteiger partial charge in [-0.05, 0) is 62.1 Å². The maximum Gasteiger partial charge on any atom is 0.254 e. The van der Waals surface area contributed by atoms with Gasteiger partial charge in [-0.3, -0.25) is 9.78 Å². The van der Waals surface area contributed by atoms with Gasteiger partial charge in [-0.25, -0.2) is 4.98 Å². The number of aryl methyl sites for hydroxylation is 3. The summed E-state index contributed by atoms with van der Waals surface area (Å²) in [7, 11) is 1.81. The van der Waals surface area contributed by atoms with Gasteiger partial charge in [-0.1, -0.05) is 30.3 Å². The topological polar surface area (TPSA) is 60.2 Å². The van der Waals surface area contributed by atoms with Crippen LogP contribution in [-0.4, -0.2) is 39.0 Å². The number of ether oxygens (including phenoxy) is 1. The number of fused-ring (bicyclic) bond motifs is 1. The van der Waals surface area contributed by atoms with Crippen LogP contribution in [0.15, 0.2) is 67.0 Å². The second kappa shape index (κ2) is 10.3. The molecule has 0 atom stereocenters. The Balaban J connectivity index is 1.42. The molecule has 4 rings (SSSR count). The van der Waals surface area contributed by atoms with Gasteiger partial charge < -0.3 is 14.2 Å². The first kappa shape index (κ1) is 22.5. The Morgan fingerprint density at radius 1 is 0.970 bits per heavy atom. The number of imidazole rings is 1. The average Bonchev–Trinajstić information content (AvgIpc) is 3.17. The molecule has 0 aliphatic carbocycles. The lowest BCUT2D eigenvalue weighted by atomic mass is 10.1.